The van der Waals surface area contributed by atoms with Gasteiger partial charge in [0.15, 0.2) is 11.5 Å². The first-order valence-corrected chi connectivity index (χ1v) is 13.8. The summed E-state index contributed by atoms with van der Waals surface area (Å²) in [4.78, 5) is 0.0652. The van der Waals surface area contributed by atoms with Crippen molar-refractivity contribution in [3.8, 4) is 11.5 Å². The number of ether oxygens (including phenoxy) is 4. The first-order chi connectivity index (χ1) is 16.9. The topological polar surface area (TPSA) is 92.6 Å². The molecule has 0 saturated heterocycles. The van der Waals surface area contributed by atoms with Gasteiger partial charge in [-0.15, -0.1) is 0 Å². The summed E-state index contributed by atoms with van der Waals surface area (Å²) in [6.45, 7) is 0.185. The summed E-state index contributed by atoms with van der Waals surface area (Å²) in [5.74, 6) is 1.82. The fourth-order valence-corrected chi connectivity index (χ4v) is 7.71. The van der Waals surface area contributed by atoms with Gasteiger partial charge < -0.3 is 18.9 Å². The van der Waals surface area contributed by atoms with Crippen LogP contribution in [0.3, 0.4) is 0 Å². The van der Waals surface area contributed by atoms with Gasteiger partial charge in [0.2, 0.25) is 0 Å². The largest absolute Gasteiger partial charge is 0.493 e. The molecule has 4 aliphatic rings. The smallest absolute Gasteiger partial charge is 0.358 e. The molecule has 3 aliphatic carbocycles. The van der Waals surface area contributed by atoms with E-state index in [2.05, 4.69) is 27.2 Å². The Balaban J connectivity index is 1.40. The Kier molecular flexibility index (Phi) is 5.63. The van der Waals surface area contributed by atoms with Crippen LogP contribution in [0.25, 0.3) is 0 Å². The van der Waals surface area contributed by atoms with E-state index in [1.807, 2.05) is 6.07 Å². The van der Waals surface area contributed by atoms with Crippen LogP contribution in [0.15, 0.2) is 50.9 Å². The van der Waals surface area contributed by atoms with Crippen molar-refractivity contribution in [1.29, 1.82) is 0 Å². The van der Waals surface area contributed by atoms with Crippen LogP contribution in [-0.2, 0) is 35.7 Å². The number of rotatable bonds is 7. The van der Waals surface area contributed by atoms with E-state index in [1.54, 1.807) is 26.4 Å². The summed E-state index contributed by atoms with van der Waals surface area (Å²) in [5, 5.41) is 4.29. The molecule has 1 spiro atoms. The van der Waals surface area contributed by atoms with Crippen molar-refractivity contribution in [2.24, 2.45) is 17.0 Å². The number of benzene rings is 2. The average Bonchev–Trinajstić information content (AvgIpc) is 3.32. The molecule has 2 saturated carbocycles. The molecule has 186 valence electrons. The molecule has 2 aromatic carbocycles. The summed E-state index contributed by atoms with van der Waals surface area (Å²) in [5.41, 5.74) is 2.76. The van der Waals surface area contributed by atoms with Gasteiger partial charge >= 0.3 is 10.1 Å². The minimum Gasteiger partial charge on any atom is -0.493 e. The molecule has 2 fully saturated rings. The van der Waals surface area contributed by atoms with E-state index < -0.39 is 10.1 Å². The lowest BCUT2D eigenvalue weighted by Gasteiger charge is -2.47. The van der Waals surface area contributed by atoms with Gasteiger partial charge in [-0.3, -0.25) is 4.28 Å². The Hall–Kier alpha value is -2.14. The number of nitrogens with zero attached hydrogens (tertiary/aromatic N) is 1. The molecule has 0 N–H and O–H groups in total. The third-order valence-corrected chi connectivity index (χ3v) is 9.64. The van der Waals surface area contributed by atoms with Gasteiger partial charge in [0.05, 0.1) is 18.9 Å². The molecule has 0 unspecified atom stereocenters. The van der Waals surface area contributed by atoms with E-state index in [-0.39, 0.29) is 41.1 Å². The van der Waals surface area contributed by atoms with Crippen molar-refractivity contribution < 1.29 is 31.6 Å². The molecule has 2 aromatic rings. The Bertz CT molecular complexity index is 1300. The van der Waals surface area contributed by atoms with E-state index in [4.69, 9.17) is 23.2 Å². The highest BCUT2D eigenvalue weighted by molar-refractivity contribution is 9.10. The Morgan fingerprint density at radius 3 is 2.69 bits per heavy atom. The molecule has 0 amide bonds. The van der Waals surface area contributed by atoms with Crippen molar-refractivity contribution in [2.75, 3.05) is 21.0 Å². The second-order valence-electron chi connectivity index (χ2n) is 9.56. The van der Waals surface area contributed by atoms with Crippen LogP contribution < -0.4 is 9.47 Å². The fourth-order valence-electron chi connectivity index (χ4n) is 6.70. The van der Waals surface area contributed by atoms with E-state index in [0.29, 0.717) is 12.2 Å². The monoisotopic (exact) mass is 563 g/mol. The van der Waals surface area contributed by atoms with Crippen molar-refractivity contribution in [2.45, 2.75) is 48.2 Å². The second-order valence-corrected chi connectivity index (χ2v) is 12.0. The molecule has 35 heavy (non-hydrogen) atoms. The highest BCUT2D eigenvalue weighted by Gasteiger charge is 2.68. The van der Waals surface area contributed by atoms with Crippen molar-refractivity contribution in [1.82, 2.24) is 0 Å². The van der Waals surface area contributed by atoms with Crippen molar-refractivity contribution >= 4 is 31.8 Å². The van der Waals surface area contributed by atoms with Crippen molar-refractivity contribution in [3.05, 3.63) is 52.0 Å². The standard InChI is InChI=1S/C25H26BrNO7S/c1-30-13-32-21-10-8-18-17-11-14-3-9-20(31-2)23-22(14)25(18,24(21)33-23)12-19(17)27-34-35(28,29)16-6-4-15(26)5-7-16/h3-7,9,17-18,21,24H,8,10-13H2,1-2H3/t17-,18+,21-,24+,25+/m0/s1. The quantitative estimate of drug-likeness (QED) is 0.368. The zero-order chi connectivity index (χ0) is 24.4. The highest BCUT2D eigenvalue weighted by Crippen LogP contribution is 2.67. The maximum Gasteiger partial charge on any atom is 0.358 e. The summed E-state index contributed by atoms with van der Waals surface area (Å²) >= 11 is 3.32. The van der Waals surface area contributed by atoms with Gasteiger partial charge in [-0.1, -0.05) is 27.2 Å². The van der Waals surface area contributed by atoms with Gasteiger partial charge in [-0.25, -0.2) is 0 Å². The van der Waals surface area contributed by atoms with Gasteiger partial charge in [0, 0.05) is 34.9 Å². The molecule has 8 nitrogen and oxygen atoms in total. The molecule has 1 aliphatic heterocycles. The lowest BCUT2D eigenvalue weighted by molar-refractivity contribution is -0.139. The average molecular weight is 564 g/mol. The van der Waals surface area contributed by atoms with Crippen LogP contribution in [0.2, 0.25) is 0 Å². The molecule has 6 rings (SSSR count). The number of hydrogen-bond acceptors (Lipinski definition) is 8. The predicted octanol–water partition coefficient (Wildman–Crippen LogP) is 4.19. The normalized spacial score (nSPS) is 31.2. The molecule has 1 heterocycles. The van der Waals surface area contributed by atoms with Crippen LogP contribution in [0.5, 0.6) is 11.5 Å². The number of methoxy groups -OCH3 is 2. The maximum atomic E-state index is 12.8. The number of halogens is 1. The Morgan fingerprint density at radius 1 is 1.14 bits per heavy atom. The highest BCUT2D eigenvalue weighted by atomic mass is 79.9. The lowest BCUT2D eigenvalue weighted by atomic mass is 9.57. The Morgan fingerprint density at radius 2 is 1.94 bits per heavy atom. The summed E-state index contributed by atoms with van der Waals surface area (Å²) in [7, 11) is -0.779. The molecule has 5 atom stereocenters. The van der Waals surface area contributed by atoms with Crippen LogP contribution in [0.1, 0.15) is 30.4 Å². The first-order valence-electron chi connectivity index (χ1n) is 11.6. The molecule has 2 bridgehead atoms. The summed E-state index contributed by atoms with van der Waals surface area (Å²) in [6.07, 6.45) is 2.69. The number of hydrogen-bond donors (Lipinski definition) is 0. The van der Waals surface area contributed by atoms with Gasteiger partial charge in [-0.05, 0) is 61.1 Å². The van der Waals surface area contributed by atoms with Crippen LogP contribution in [-0.4, -0.2) is 47.3 Å². The molecule has 0 radical (unpaired) electrons. The molecular formula is C25H26BrNO7S. The second kappa shape index (κ2) is 8.47. The van der Waals surface area contributed by atoms with Crippen LogP contribution in [0, 0.1) is 11.8 Å². The van der Waals surface area contributed by atoms with Gasteiger partial charge in [-0.2, -0.15) is 8.42 Å². The minimum atomic E-state index is -4.03. The Labute approximate surface area is 212 Å². The first kappa shape index (κ1) is 23.3. The maximum absolute atomic E-state index is 12.8. The van der Waals surface area contributed by atoms with Gasteiger partial charge in [0.25, 0.3) is 0 Å². The zero-order valence-electron chi connectivity index (χ0n) is 19.4. The van der Waals surface area contributed by atoms with Crippen LogP contribution in [0.4, 0.5) is 0 Å². The molecular weight excluding hydrogens is 538 g/mol. The van der Waals surface area contributed by atoms with Gasteiger partial charge in [0.1, 0.15) is 17.8 Å². The minimum absolute atomic E-state index is 0.0652. The third-order valence-electron chi connectivity index (χ3n) is 7.99. The number of oxime groups is 1. The fraction of sp³-hybridized carbons (Fsp3) is 0.480. The molecule has 10 heteroatoms. The zero-order valence-corrected chi connectivity index (χ0v) is 21.8. The van der Waals surface area contributed by atoms with E-state index in [1.165, 1.54) is 17.7 Å². The van der Waals surface area contributed by atoms with E-state index in [0.717, 1.165) is 40.8 Å². The summed E-state index contributed by atoms with van der Waals surface area (Å²) < 4.78 is 55.2. The van der Waals surface area contributed by atoms with Crippen LogP contribution >= 0.6 is 15.9 Å². The predicted molar refractivity (Wildman–Crippen MR) is 130 cm³/mol. The lowest BCUT2D eigenvalue weighted by Crippen LogP contribution is -2.55. The van der Waals surface area contributed by atoms with Crippen molar-refractivity contribution in [3.63, 3.8) is 0 Å². The van der Waals surface area contributed by atoms with E-state index >= 15 is 0 Å². The SMILES string of the molecule is COCO[C@H]1CC[C@@H]2[C@@H]3Cc4ccc(OC)c5c4[C@]2(CC3=NOS(=O)(=O)c2ccc(Br)cc2)[C@@H]1O5. The molecule has 0 aromatic heterocycles. The summed E-state index contributed by atoms with van der Waals surface area (Å²) in [6, 6.07) is 10.4. The third kappa shape index (κ3) is 3.44. The van der Waals surface area contributed by atoms with E-state index in [9.17, 15) is 8.42 Å².